The molecule has 1 fully saturated rings. The Bertz CT molecular complexity index is 515. The first-order valence-electron chi connectivity index (χ1n) is 5.83. The Balaban J connectivity index is 2.00. The maximum Gasteiger partial charge on any atom is 0.0954 e. The van der Waals surface area contributed by atoms with Crippen LogP contribution in [0.25, 0.3) is 11.3 Å². The fraction of sp³-hybridized carbons (Fsp3) is 0.308. The summed E-state index contributed by atoms with van der Waals surface area (Å²) in [6.07, 6.45) is 4.97. The zero-order chi connectivity index (χ0) is 11.7. The van der Waals surface area contributed by atoms with Crippen LogP contribution in [0.15, 0.2) is 36.8 Å². The number of aromatic nitrogens is 2. The maximum atomic E-state index is 6.03. The number of benzene rings is 1. The van der Waals surface area contributed by atoms with Crippen molar-refractivity contribution in [2.24, 2.45) is 0 Å². The van der Waals surface area contributed by atoms with E-state index in [1.54, 1.807) is 0 Å². The van der Waals surface area contributed by atoms with Crippen molar-refractivity contribution in [3.8, 4) is 11.3 Å². The third-order valence-electron chi connectivity index (χ3n) is 3.21. The van der Waals surface area contributed by atoms with Crippen LogP contribution in [0.5, 0.6) is 0 Å². The molecule has 1 atom stereocenters. The summed E-state index contributed by atoms with van der Waals surface area (Å²) in [4.78, 5) is 4.26. The van der Waals surface area contributed by atoms with Gasteiger partial charge < -0.3 is 9.88 Å². The Hall–Kier alpha value is -1.32. The number of hydrogen-bond donors (Lipinski definition) is 1. The molecule has 3 nitrogen and oxygen atoms in total. The average Bonchev–Trinajstić information content (AvgIpc) is 3.00. The molecule has 1 aliphatic rings. The van der Waals surface area contributed by atoms with E-state index in [1.807, 2.05) is 30.7 Å². The van der Waals surface area contributed by atoms with Gasteiger partial charge in [-0.05, 0) is 25.1 Å². The topological polar surface area (TPSA) is 29.9 Å². The summed E-state index contributed by atoms with van der Waals surface area (Å²) in [5, 5.41) is 4.14. The predicted octanol–water partition coefficient (Wildman–Crippen LogP) is 2.74. The lowest BCUT2D eigenvalue weighted by atomic mass is 10.1. The summed E-state index contributed by atoms with van der Waals surface area (Å²) in [6.45, 7) is 2.10. The molecule has 0 aliphatic carbocycles. The summed E-state index contributed by atoms with van der Waals surface area (Å²) in [5.41, 5.74) is 2.27. The molecule has 0 spiro atoms. The van der Waals surface area contributed by atoms with Crippen molar-refractivity contribution in [2.45, 2.75) is 12.5 Å². The van der Waals surface area contributed by atoms with E-state index in [1.165, 1.54) is 0 Å². The molecular weight excluding hydrogens is 234 g/mol. The van der Waals surface area contributed by atoms with Crippen molar-refractivity contribution >= 4 is 11.6 Å². The Morgan fingerprint density at radius 1 is 1.41 bits per heavy atom. The van der Waals surface area contributed by atoms with Crippen LogP contribution in [0.2, 0.25) is 5.02 Å². The first-order valence-corrected chi connectivity index (χ1v) is 6.21. The van der Waals surface area contributed by atoms with E-state index in [0.717, 1.165) is 35.8 Å². The first kappa shape index (κ1) is 10.8. The highest BCUT2D eigenvalue weighted by molar-refractivity contribution is 6.30. The lowest BCUT2D eigenvalue weighted by Gasteiger charge is -2.14. The molecule has 1 aromatic heterocycles. The third-order valence-corrected chi connectivity index (χ3v) is 3.45. The Labute approximate surface area is 105 Å². The van der Waals surface area contributed by atoms with Crippen molar-refractivity contribution in [2.75, 3.05) is 13.1 Å². The van der Waals surface area contributed by atoms with Gasteiger partial charge in [0.05, 0.1) is 18.2 Å². The standard InChI is InChI=1S/C13H14ClN3/c14-11-3-1-2-10(6-11)13-8-16-9-17(13)12-4-5-15-7-12/h1-3,6,8-9,12,15H,4-5,7H2. The molecule has 0 saturated carbocycles. The van der Waals surface area contributed by atoms with E-state index in [-0.39, 0.29) is 0 Å². The third kappa shape index (κ3) is 2.08. The summed E-state index contributed by atoms with van der Waals surface area (Å²) >= 11 is 6.03. The number of rotatable bonds is 2. The fourth-order valence-electron chi connectivity index (χ4n) is 2.34. The predicted molar refractivity (Wildman–Crippen MR) is 69.2 cm³/mol. The average molecular weight is 248 g/mol. The van der Waals surface area contributed by atoms with Gasteiger partial charge in [-0.25, -0.2) is 4.98 Å². The highest BCUT2D eigenvalue weighted by Gasteiger charge is 2.19. The second-order valence-corrected chi connectivity index (χ2v) is 4.78. The van der Waals surface area contributed by atoms with Gasteiger partial charge in [0, 0.05) is 23.2 Å². The van der Waals surface area contributed by atoms with E-state index >= 15 is 0 Å². The molecule has 88 valence electrons. The van der Waals surface area contributed by atoms with Gasteiger partial charge in [0.25, 0.3) is 0 Å². The van der Waals surface area contributed by atoms with Crippen LogP contribution in [-0.4, -0.2) is 22.6 Å². The van der Waals surface area contributed by atoms with Gasteiger partial charge in [0.15, 0.2) is 0 Å². The molecule has 0 amide bonds. The molecule has 1 saturated heterocycles. The van der Waals surface area contributed by atoms with Crippen LogP contribution in [0.3, 0.4) is 0 Å². The van der Waals surface area contributed by atoms with Gasteiger partial charge in [-0.15, -0.1) is 0 Å². The second-order valence-electron chi connectivity index (χ2n) is 4.34. The molecule has 2 heterocycles. The van der Waals surface area contributed by atoms with Crippen LogP contribution in [0.1, 0.15) is 12.5 Å². The minimum Gasteiger partial charge on any atom is -0.326 e. The van der Waals surface area contributed by atoms with Crippen LogP contribution in [-0.2, 0) is 0 Å². The number of halogens is 1. The molecule has 2 aromatic rings. The zero-order valence-corrected chi connectivity index (χ0v) is 10.2. The van der Waals surface area contributed by atoms with E-state index in [4.69, 9.17) is 11.6 Å². The summed E-state index contributed by atoms with van der Waals surface area (Å²) < 4.78 is 2.24. The number of nitrogens with zero attached hydrogens (tertiary/aromatic N) is 2. The number of nitrogens with one attached hydrogen (secondary N) is 1. The fourth-order valence-corrected chi connectivity index (χ4v) is 2.53. The van der Waals surface area contributed by atoms with Crippen LogP contribution in [0.4, 0.5) is 0 Å². The largest absolute Gasteiger partial charge is 0.326 e. The van der Waals surface area contributed by atoms with Gasteiger partial charge in [-0.3, -0.25) is 0 Å². The highest BCUT2D eigenvalue weighted by Crippen LogP contribution is 2.27. The molecule has 0 radical (unpaired) electrons. The SMILES string of the molecule is Clc1cccc(-c2cncn2C2CCNC2)c1. The monoisotopic (exact) mass is 247 g/mol. The van der Waals surface area contributed by atoms with Gasteiger partial charge in [-0.1, -0.05) is 23.7 Å². The van der Waals surface area contributed by atoms with Crippen molar-refractivity contribution < 1.29 is 0 Å². The lowest BCUT2D eigenvalue weighted by Crippen LogP contribution is -2.13. The van der Waals surface area contributed by atoms with Gasteiger partial charge in [0.1, 0.15) is 0 Å². The zero-order valence-electron chi connectivity index (χ0n) is 9.44. The van der Waals surface area contributed by atoms with E-state index in [0.29, 0.717) is 6.04 Å². The summed E-state index contributed by atoms with van der Waals surface area (Å²) in [6, 6.07) is 8.43. The Kier molecular flexibility index (Phi) is 2.87. The van der Waals surface area contributed by atoms with Crippen molar-refractivity contribution in [1.29, 1.82) is 0 Å². The molecule has 1 aliphatic heterocycles. The molecule has 3 rings (SSSR count). The van der Waals surface area contributed by atoms with Crippen molar-refractivity contribution in [3.63, 3.8) is 0 Å². The van der Waals surface area contributed by atoms with Gasteiger partial charge in [-0.2, -0.15) is 0 Å². The smallest absolute Gasteiger partial charge is 0.0954 e. The molecule has 0 bridgehead atoms. The molecular formula is C13H14ClN3. The molecule has 1 aromatic carbocycles. The summed E-state index contributed by atoms with van der Waals surface area (Å²) in [7, 11) is 0. The van der Waals surface area contributed by atoms with Crippen molar-refractivity contribution in [1.82, 2.24) is 14.9 Å². The second kappa shape index (κ2) is 4.51. The first-order chi connectivity index (χ1) is 8.34. The highest BCUT2D eigenvalue weighted by atomic mass is 35.5. The quantitative estimate of drug-likeness (QED) is 0.885. The maximum absolute atomic E-state index is 6.03. The Morgan fingerprint density at radius 3 is 3.12 bits per heavy atom. The molecule has 17 heavy (non-hydrogen) atoms. The van der Waals surface area contributed by atoms with E-state index in [9.17, 15) is 0 Å². The number of imidazole rings is 1. The molecule has 4 heteroatoms. The Morgan fingerprint density at radius 2 is 2.35 bits per heavy atom. The summed E-state index contributed by atoms with van der Waals surface area (Å²) in [5.74, 6) is 0. The van der Waals surface area contributed by atoms with Crippen LogP contribution >= 0.6 is 11.6 Å². The van der Waals surface area contributed by atoms with Gasteiger partial charge >= 0.3 is 0 Å². The minimum absolute atomic E-state index is 0.506. The lowest BCUT2D eigenvalue weighted by molar-refractivity contribution is 0.551. The normalized spacial score (nSPS) is 19.7. The van der Waals surface area contributed by atoms with Crippen molar-refractivity contribution in [3.05, 3.63) is 41.8 Å². The van der Waals surface area contributed by atoms with E-state index < -0.39 is 0 Å². The molecule has 1 unspecified atom stereocenters. The molecule has 1 N–H and O–H groups in total. The van der Waals surface area contributed by atoms with E-state index in [2.05, 4.69) is 20.9 Å². The van der Waals surface area contributed by atoms with Crippen LogP contribution < -0.4 is 5.32 Å². The van der Waals surface area contributed by atoms with Crippen LogP contribution in [0, 0.1) is 0 Å². The number of hydrogen-bond acceptors (Lipinski definition) is 2. The minimum atomic E-state index is 0.506. The van der Waals surface area contributed by atoms with Gasteiger partial charge in [0.2, 0.25) is 0 Å².